The van der Waals surface area contributed by atoms with Gasteiger partial charge in [-0.2, -0.15) is 5.10 Å². The second kappa shape index (κ2) is 8.18. The average Bonchev–Trinajstić information content (AvgIpc) is 3.23. The van der Waals surface area contributed by atoms with Crippen LogP contribution in [0.5, 0.6) is 0 Å². The molecular formula is C20H27N5O3. The van der Waals surface area contributed by atoms with Crippen molar-refractivity contribution in [3.63, 3.8) is 0 Å². The van der Waals surface area contributed by atoms with Crippen molar-refractivity contribution in [1.82, 2.24) is 20.5 Å². The number of carbonyl (C=O) groups is 1. The minimum atomic E-state index is -0.337. The van der Waals surface area contributed by atoms with E-state index in [-0.39, 0.29) is 18.2 Å². The number of alkyl carbamates (subject to hydrolysis) is 1. The summed E-state index contributed by atoms with van der Waals surface area (Å²) in [4.78, 5) is 16.2. The monoisotopic (exact) mass is 385 g/mol. The summed E-state index contributed by atoms with van der Waals surface area (Å²) in [5.74, 6) is 2.29. The number of hydrogen-bond donors (Lipinski definition) is 3. The Bertz CT molecular complexity index is 800. The summed E-state index contributed by atoms with van der Waals surface area (Å²) in [6.07, 6.45) is 4.15. The van der Waals surface area contributed by atoms with Crippen LogP contribution in [-0.2, 0) is 9.47 Å². The summed E-state index contributed by atoms with van der Waals surface area (Å²) >= 11 is 0. The molecule has 1 amide bonds. The molecule has 2 fully saturated rings. The smallest absolute Gasteiger partial charge is 0.407 e. The Hall–Kier alpha value is -2.61. The molecule has 3 heterocycles. The summed E-state index contributed by atoms with van der Waals surface area (Å²) in [6.45, 7) is 5.40. The van der Waals surface area contributed by atoms with Crippen molar-refractivity contribution in [2.75, 3.05) is 18.5 Å². The minimum absolute atomic E-state index is 0.0480. The fourth-order valence-corrected chi connectivity index (χ4v) is 3.64. The molecule has 0 bridgehead atoms. The molecule has 1 aliphatic heterocycles. The topological polar surface area (TPSA) is 101 Å². The molecule has 8 nitrogen and oxygen atoms in total. The number of anilines is 2. The van der Waals surface area contributed by atoms with Gasteiger partial charge < -0.3 is 20.1 Å². The lowest BCUT2D eigenvalue weighted by atomic mass is 10.00. The van der Waals surface area contributed by atoms with Gasteiger partial charge in [-0.15, -0.1) is 0 Å². The van der Waals surface area contributed by atoms with Gasteiger partial charge >= 0.3 is 6.09 Å². The van der Waals surface area contributed by atoms with Crippen LogP contribution in [0.1, 0.15) is 56.2 Å². The van der Waals surface area contributed by atoms with E-state index in [2.05, 4.69) is 31.9 Å². The molecule has 28 heavy (non-hydrogen) atoms. The van der Waals surface area contributed by atoms with E-state index >= 15 is 0 Å². The summed E-state index contributed by atoms with van der Waals surface area (Å²) in [6, 6.07) is 6.14. The van der Waals surface area contributed by atoms with Crippen molar-refractivity contribution >= 4 is 17.7 Å². The van der Waals surface area contributed by atoms with Gasteiger partial charge in [0.25, 0.3) is 0 Å². The van der Waals surface area contributed by atoms with E-state index in [4.69, 9.17) is 9.47 Å². The molecule has 2 aliphatic rings. The third kappa shape index (κ3) is 4.44. The Morgan fingerprint density at radius 2 is 2.11 bits per heavy atom. The highest BCUT2D eigenvalue weighted by molar-refractivity contribution is 5.67. The molecule has 2 unspecified atom stereocenters. The number of carbonyl (C=O) groups excluding carboxylic acids is 1. The molecule has 1 saturated carbocycles. The van der Waals surface area contributed by atoms with Crippen LogP contribution < -0.4 is 10.6 Å². The predicted molar refractivity (Wildman–Crippen MR) is 105 cm³/mol. The van der Waals surface area contributed by atoms with Crippen LogP contribution in [0.25, 0.3) is 0 Å². The first-order chi connectivity index (χ1) is 13.6. The SMILES string of the molecule is CC(C)NC(=O)OC1CCC(c2cc(Nc3ccc(C4COC4)cn3)n[nH]2)C1. The molecule has 1 saturated heterocycles. The van der Waals surface area contributed by atoms with Gasteiger partial charge in [0.2, 0.25) is 0 Å². The Kier molecular flexibility index (Phi) is 5.47. The number of nitrogens with one attached hydrogen (secondary N) is 3. The summed E-state index contributed by atoms with van der Waals surface area (Å²) in [7, 11) is 0. The van der Waals surface area contributed by atoms with Crippen molar-refractivity contribution < 1.29 is 14.3 Å². The van der Waals surface area contributed by atoms with Gasteiger partial charge in [-0.25, -0.2) is 9.78 Å². The van der Waals surface area contributed by atoms with E-state index in [1.807, 2.05) is 32.2 Å². The lowest BCUT2D eigenvalue weighted by Gasteiger charge is -2.25. The van der Waals surface area contributed by atoms with E-state index in [1.165, 1.54) is 5.56 Å². The molecule has 8 heteroatoms. The fraction of sp³-hybridized carbons (Fsp3) is 0.550. The maximum Gasteiger partial charge on any atom is 0.407 e. The van der Waals surface area contributed by atoms with Gasteiger partial charge in [-0.3, -0.25) is 5.10 Å². The van der Waals surface area contributed by atoms with Crippen molar-refractivity contribution in [1.29, 1.82) is 0 Å². The first-order valence-corrected chi connectivity index (χ1v) is 9.90. The maximum absolute atomic E-state index is 11.8. The first-order valence-electron chi connectivity index (χ1n) is 9.90. The molecule has 4 rings (SSSR count). The van der Waals surface area contributed by atoms with Gasteiger partial charge in [0.05, 0.1) is 13.2 Å². The number of pyridine rings is 1. The Balaban J connectivity index is 1.30. The largest absolute Gasteiger partial charge is 0.446 e. The third-order valence-electron chi connectivity index (χ3n) is 5.25. The summed E-state index contributed by atoms with van der Waals surface area (Å²) < 4.78 is 10.7. The van der Waals surface area contributed by atoms with E-state index in [1.54, 1.807) is 0 Å². The quantitative estimate of drug-likeness (QED) is 0.704. The average molecular weight is 385 g/mol. The van der Waals surface area contributed by atoms with Gasteiger partial charge in [0.15, 0.2) is 5.82 Å². The fourth-order valence-electron chi connectivity index (χ4n) is 3.64. The Labute approximate surface area is 164 Å². The van der Waals surface area contributed by atoms with Crippen molar-refractivity contribution in [3.05, 3.63) is 35.7 Å². The molecule has 0 radical (unpaired) electrons. The lowest BCUT2D eigenvalue weighted by molar-refractivity contribution is 0.00830. The zero-order valence-corrected chi connectivity index (χ0v) is 16.3. The van der Waals surface area contributed by atoms with E-state index in [9.17, 15) is 4.79 Å². The molecule has 2 aromatic heterocycles. The molecule has 3 N–H and O–H groups in total. The maximum atomic E-state index is 11.8. The first kappa shape index (κ1) is 18.7. The molecule has 0 aromatic carbocycles. The second-order valence-corrected chi connectivity index (χ2v) is 7.88. The van der Waals surface area contributed by atoms with Crippen LogP contribution in [0.15, 0.2) is 24.4 Å². The number of nitrogens with zero attached hydrogens (tertiary/aromatic N) is 2. The van der Waals surface area contributed by atoms with Crippen molar-refractivity contribution in [2.45, 2.75) is 57.1 Å². The third-order valence-corrected chi connectivity index (χ3v) is 5.25. The molecule has 150 valence electrons. The van der Waals surface area contributed by atoms with Crippen LogP contribution in [0.2, 0.25) is 0 Å². The van der Waals surface area contributed by atoms with Gasteiger partial charge in [0, 0.05) is 35.8 Å². The summed E-state index contributed by atoms with van der Waals surface area (Å²) in [5, 5.41) is 13.5. The lowest BCUT2D eigenvalue weighted by Crippen LogP contribution is -2.33. The number of amides is 1. The molecule has 2 aromatic rings. The van der Waals surface area contributed by atoms with E-state index in [0.29, 0.717) is 11.8 Å². The molecule has 0 spiro atoms. The van der Waals surface area contributed by atoms with Gasteiger partial charge in [-0.05, 0) is 44.7 Å². The number of H-pyrrole nitrogens is 1. The van der Waals surface area contributed by atoms with Gasteiger partial charge in [-0.1, -0.05) is 6.07 Å². The minimum Gasteiger partial charge on any atom is -0.446 e. The predicted octanol–water partition coefficient (Wildman–Crippen LogP) is 3.43. The van der Waals surface area contributed by atoms with E-state index < -0.39 is 0 Å². The molecular weight excluding hydrogens is 358 g/mol. The van der Waals surface area contributed by atoms with E-state index in [0.717, 1.165) is 49.8 Å². The zero-order valence-electron chi connectivity index (χ0n) is 16.3. The Morgan fingerprint density at radius 1 is 1.25 bits per heavy atom. The number of aromatic nitrogens is 3. The zero-order chi connectivity index (χ0) is 19.5. The van der Waals surface area contributed by atoms with Crippen LogP contribution in [-0.4, -0.2) is 46.6 Å². The number of rotatable bonds is 6. The van der Waals surface area contributed by atoms with Crippen molar-refractivity contribution in [2.24, 2.45) is 0 Å². The highest BCUT2D eigenvalue weighted by Gasteiger charge is 2.30. The van der Waals surface area contributed by atoms with Crippen LogP contribution in [0.4, 0.5) is 16.4 Å². The van der Waals surface area contributed by atoms with Crippen LogP contribution in [0, 0.1) is 0 Å². The standard InChI is InChI=1S/C20H27N5O3/c1-12(2)22-20(26)28-16-5-3-13(7-16)17-8-19(25-24-17)23-18-6-4-14(9-21-18)15-10-27-11-15/h4,6,8-9,12-13,15-16H,3,5,7,10-11H2,1-2H3,(H,22,26)(H2,21,23,24,25). The number of ether oxygens (including phenoxy) is 2. The highest BCUT2D eigenvalue weighted by Crippen LogP contribution is 2.36. The Morgan fingerprint density at radius 3 is 2.79 bits per heavy atom. The van der Waals surface area contributed by atoms with Crippen LogP contribution >= 0.6 is 0 Å². The van der Waals surface area contributed by atoms with Gasteiger partial charge in [0.1, 0.15) is 11.9 Å². The van der Waals surface area contributed by atoms with Crippen molar-refractivity contribution in [3.8, 4) is 0 Å². The number of aromatic amines is 1. The normalized spacial score (nSPS) is 22.1. The highest BCUT2D eigenvalue weighted by atomic mass is 16.6. The summed E-state index contributed by atoms with van der Waals surface area (Å²) in [5.41, 5.74) is 2.26. The molecule has 1 aliphatic carbocycles. The van der Waals surface area contributed by atoms with Crippen LogP contribution in [0.3, 0.4) is 0 Å². The molecule has 2 atom stereocenters. The number of hydrogen-bond acceptors (Lipinski definition) is 6. The second-order valence-electron chi connectivity index (χ2n) is 7.88.